The predicted molar refractivity (Wildman–Crippen MR) is 149 cm³/mol. The number of thioether (sulfide) groups is 1. The maximum atomic E-state index is 11.7. The molecule has 198 valence electrons. The SMILES string of the molecule is CCOc1cc([C@H](C[N+](=O)[O-])Sc2nnc(C)n2-c2ccc(C)c(C)c2)ccc1OCc1ccc(Cl)cc1. The van der Waals surface area contributed by atoms with Crippen LogP contribution in [-0.4, -0.2) is 32.8 Å². The summed E-state index contributed by atoms with van der Waals surface area (Å²) in [5, 5.41) is 21.0. The van der Waals surface area contributed by atoms with Gasteiger partial charge in [0.25, 0.3) is 0 Å². The van der Waals surface area contributed by atoms with Crippen molar-refractivity contribution >= 4 is 23.4 Å². The molecule has 0 aliphatic rings. The lowest BCUT2D eigenvalue weighted by Crippen LogP contribution is -2.12. The Morgan fingerprint density at radius 3 is 2.42 bits per heavy atom. The normalized spacial score (nSPS) is 11.8. The number of ether oxygens (including phenoxy) is 2. The molecule has 0 aliphatic carbocycles. The Labute approximate surface area is 231 Å². The first-order chi connectivity index (χ1) is 18.2. The zero-order valence-corrected chi connectivity index (χ0v) is 23.3. The maximum Gasteiger partial charge on any atom is 0.220 e. The standard InChI is InChI=1S/C28H29ClN4O4S/c1-5-36-26-15-22(9-13-25(26)37-17-21-7-10-23(29)11-8-21)27(16-32(34)35)38-28-31-30-20(4)33(28)24-12-6-18(2)19(3)14-24/h6-15,27H,5,16-17H2,1-4H3/t27-/m0/s1. The molecule has 3 aromatic carbocycles. The molecule has 0 unspecified atom stereocenters. The quantitative estimate of drug-likeness (QED) is 0.113. The number of aryl methyl sites for hydroxylation is 3. The lowest BCUT2D eigenvalue weighted by molar-refractivity contribution is -0.479. The van der Waals surface area contributed by atoms with Gasteiger partial charge in [0, 0.05) is 15.6 Å². The Hall–Kier alpha value is -3.56. The fraction of sp³-hybridized carbons (Fsp3) is 0.286. The molecule has 1 aromatic heterocycles. The molecular formula is C28H29ClN4O4S. The molecule has 4 rings (SSSR count). The molecule has 0 N–H and O–H groups in total. The monoisotopic (exact) mass is 552 g/mol. The number of benzene rings is 3. The predicted octanol–water partition coefficient (Wildman–Crippen LogP) is 6.93. The van der Waals surface area contributed by atoms with Crippen LogP contribution >= 0.6 is 23.4 Å². The van der Waals surface area contributed by atoms with Crippen LogP contribution in [-0.2, 0) is 6.61 Å². The van der Waals surface area contributed by atoms with E-state index in [4.69, 9.17) is 21.1 Å². The minimum Gasteiger partial charge on any atom is -0.490 e. The van der Waals surface area contributed by atoms with Crippen LogP contribution in [0.5, 0.6) is 11.5 Å². The molecule has 0 aliphatic heterocycles. The van der Waals surface area contributed by atoms with E-state index in [0.717, 1.165) is 22.4 Å². The van der Waals surface area contributed by atoms with Crippen molar-refractivity contribution in [2.24, 2.45) is 0 Å². The van der Waals surface area contributed by atoms with Crippen molar-refractivity contribution in [3.8, 4) is 17.2 Å². The van der Waals surface area contributed by atoms with Crippen LogP contribution in [0.1, 0.15) is 40.3 Å². The average molecular weight is 553 g/mol. The molecule has 0 amide bonds. The van der Waals surface area contributed by atoms with E-state index in [1.54, 1.807) is 6.07 Å². The summed E-state index contributed by atoms with van der Waals surface area (Å²) >= 11 is 7.28. The second-order valence-corrected chi connectivity index (χ2v) is 10.4. The first-order valence-corrected chi connectivity index (χ1v) is 13.4. The van der Waals surface area contributed by atoms with E-state index < -0.39 is 5.25 Å². The number of hydrogen-bond donors (Lipinski definition) is 0. The molecule has 0 saturated carbocycles. The molecular weight excluding hydrogens is 524 g/mol. The lowest BCUT2D eigenvalue weighted by atomic mass is 10.1. The van der Waals surface area contributed by atoms with E-state index >= 15 is 0 Å². The highest BCUT2D eigenvalue weighted by atomic mass is 35.5. The number of halogens is 1. The molecule has 0 bridgehead atoms. The Morgan fingerprint density at radius 1 is 0.974 bits per heavy atom. The maximum absolute atomic E-state index is 11.7. The van der Waals surface area contributed by atoms with Crippen molar-refractivity contribution < 1.29 is 14.4 Å². The van der Waals surface area contributed by atoms with Crippen LogP contribution in [0, 0.1) is 30.9 Å². The molecule has 1 heterocycles. The second-order valence-electron chi connectivity index (χ2n) is 8.81. The molecule has 0 spiro atoms. The number of hydrogen-bond acceptors (Lipinski definition) is 7. The van der Waals surface area contributed by atoms with Gasteiger partial charge in [0.15, 0.2) is 16.7 Å². The van der Waals surface area contributed by atoms with E-state index in [2.05, 4.69) is 23.2 Å². The lowest BCUT2D eigenvalue weighted by Gasteiger charge is -2.18. The molecule has 38 heavy (non-hydrogen) atoms. The van der Waals surface area contributed by atoms with Crippen LogP contribution in [0.15, 0.2) is 65.8 Å². The zero-order chi connectivity index (χ0) is 27.2. The van der Waals surface area contributed by atoms with Gasteiger partial charge in [-0.15, -0.1) is 10.2 Å². The zero-order valence-electron chi connectivity index (χ0n) is 21.7. The average Bonchev–Trinajstić information content (AvgIpc) is 3.25. The number of aromatic nitrogens is 3. The summed E-state index contributed by atoms with van der Waals surface area (Å²) in [7, 11) is 0. The third-order valence-corrected chi connectivity index (χ3v) is 7.49. The first-order valence-electron chi connectivity index (χ1n) is 12.2. The second kappa shape index (κ2) is 12.3. The van der Waals surface area contributed by atoms with E-state index in [-0.39, 0.29) is 11.5 Å². The highest BCUT2D eigenvalue weighted by molar-refractivity contribution is 7.99. The third-order valence-electron chi connectivity index (χ3n) is 6.05. The smallest absolute Gasteiger partial charge is 0.220 e. The summed E-state index contributed by atoms with van der Waals surface area (Å²) in [6.07, 6.45) is 0. The fourth-order valence-corrected chi connectivity index (χ4v) is 5.20. The minimum atomic E-state index is -0.525. The summed E-state index contributed by atoms with van der Waals surface area (Å²) in [6.45, 7) is 8.32. The van der Waals surface area contributed by atoms with E-state index in [1.807, 2.05) is 73.9 Å². The summed E-state index contributed by atoms with van der Waals surface area (Å²) in [5.41, 5.74) is 4.94. The Kier molecular flexibility index (Phi) is 8.91. The van der Waals surface area contributed by atoms with Crippen molar-refractivity contribution in [2.45, 2.75) is 44.7 Å². The van der Waals surface area contributed by atoms with Gasteiger partial charge in [-0.1, -0.05) is 47.6 Å². The molecule has 4 aromatic rings. The van der Waals surface area contributed by atoms with Crippen molar-refractivity contribution in [3.63, 3.8) is 0 Å². The van der Waals surface area contributed by atoms with Gasteiger partial charge in [0.05, 0.1) is 6.61 Å². The highest BCUT2D eigenvalue weighted by Gasteiger charge is 2.25. The Bertz CT molecular complexity index is 1430. The topological polar surface area (TPSA) is 92.3 Å². The van der Waals surface area contributed by atoms with Crippen LogP contribution in [0.25, 0.3) is 5.69 Å². The highest BCUT2D eigenvalue weighted by Crippen LogP contribution is 2.40. The Morgan fingerprint density at radius 2 is 1.74 bits per heavy atom. The molecule has 1 atom stereocenters. The van der Waals surface area contributed by atoms with Crippen LogP contribution in [0.4, 0.5) is 0 Å². The third kappa shape index (κ3) is 6.65. The van der Waals surface area contributed by atoms with Gasteiger partial charge < -0.3 is 9.47 Å². The van der Waals surface area contributed by atoms with Gasteiger partial charge in [-0.3, -0.25) is 14.7 Å². The molecule has 10 heteroatoms. The summed E-state index contributed by atoms with van der Waals surface area (Å²) in [4.78, 5) is 11.3. The molecule has 0 radical (unpaired) electrons. The summed E-state index contributed by atoms with van der Waals surface area (Å²) in [6, 6.07) is 19.0. The van der Waals surface area contributed by atoms with E-state index in [9.17, 15) is 10.1 Å². The van der Waals surface area contributed by atoms with Crippen molar-refractivity contribution in [2.75, 3.05) is 13.2 Å². The fourth-order valence-electron chi connectivity index (χ4n) is 3.91. The first kappa shape index (κ1) is 27.5. The summed E-state index contributed by atoms with van der Waals surface area (Å²) in [5.74, 6) is 1.79. The summed E-state index contributed by atoms with van der Waals surface area (Å²) < 4.78 is 13.8. The number of rotatable bonds is 11. The molecule has 0 fully saturated rings. The van der Waals surface area contributed by atoms with E-state index in [1.165, 1.54) is 17.3 Å². The minimum absolute atomic E-state index is 0.292. The van der Waals surface area contributed by atoms with Gasteiger partial charge in [0.2, 0.25) is 6.54 Å². The van der Waals surface area contributed by atoms with Crippen LogP contribution < -0.4 is 9.47 Å². The van der Waals surface area contributed by atoms with Gasteiger partial charge in [0.1, 0.15) is 17.7 Å². The van der Waals surface area contributed by atoms with Crippen LogP contribution in [0.2, 0.25) is 5.02 Å². The van der Waals surface area contributed by atoms with E-state index in [0.29, 0.717) is 40.7 Å². The largest absolute Gasteiger partial charge is 0.490 e. The van der Waals surface area contributed by atoms with Crippen molar-refractivity contribution in [1.82, 2.24) is 14.8 Å². The van der Waals surface area contributed by atoms with Crippen molar-refractivity contribution in [1.29, 1.82) is 0 Å². The number of nitrogens with zero attached hydrogens (tertiary/aromatic N) is 4. The van der Waals surface area contributed by atoms with Crippen molar-refractivity contribution in [3.05, 3.63) is 104 Å². The van der Waals surface area contributed by atoms with Gasteiger partial charge >= 0.3 is 0 Å². The molecule has 0 saturated heterocycles. The van der Waals surface area contributed by atoms with Gasteiger partial charge in [-0.25, -0.2) is 0 Å². The molecule has 8 nitrogen and oxygen atoms in total. The number of nitro groups is 1. The van der Waals surface area contributed by atoms with Gasteiger partial charge in [-0.2, -0.15) is 0 Å². The Balaban J connectivity index is 1.63. The van der Waals surface area contributed by atoms with Gasteiger partial charge in [-0.05, 0) is 86.3 Å². The van der Waals surface area contributed by atoms with Crippen LogP contribution in [0.3, 0.4) is 0 Å².